The number of carbonyl (C=O) groups excluding carboxylic acids is 2. The monoisotopic (exact) mass is 534 g/mol. The van der Waals surface area contributed by atoms with E-state index >= 15 is 0 Å². The first kappa shape index (κ1) is 25.5. The van der Waals surface area contributed by atoms with Crippen LogP contribution in [-0.2, 0) is 29.8 Å². The first-order chi connectivity index (χ1) is 16.4. The van der Waals surface area contributed by atoms with Crippen LogP contribution in [-0.4, -0.2) is 47.0 Å². The maximum atomic E-state index is 13.2. The molecule has 0 spiro atoms. The fourth-order valence-corrected chi connectivity index (χ4v) is 10.9. The lowest BCUT2D eigenvalue weighted by Crippen LogP contribution is -2.50. The molecule has 4 aliphatic carbocycles. The zero-order valence-electron chi connectivity index (χ0n) is 20.6. The minimum Gasteiger partial charge on any atom is -0.293 e. The molecule has 4 fully saturated rings. The Morgan fingerprint density at radius 3 is 1.25 bits per heavy atom. The average molecular weight is 535 g/mol. The summed E-state index contributed by atoms with van der Waals surface area (Å²) in [6.45, 7) is 6.83. The minimum atomic E-state index is -4.60. The van der Waals surface area contributed by atoms with Gasteiger partial charge in [0.2, 0.25) is 0 Å². The Bertz CT molecular complexity index is 1370. The smallest absolute Gasteiger partial charge is 0.278 e. The highest BCUT2D eigenvalue weighted by atomic mass is 32.2. The number of rotatable bonds is 4. The molecule has 194 valence electrons. The molecule has 0 aliphatic heterocycles. The highest BCUT2D eigenvalue weighted by Gasteiger charge is 2.74. The SMILES string of the molecule is CC1(C)C2CCC1(S(=O)(=O)O)C(=O)/C2=C\c1ccc(/C=C2/C(=O)C3(S(=O)(=O)O)CCC2C3(C)C)cc1. The Kier molecular flexibility index (Phi) is 5.13. The molecule has 4 aliphatic rings. The van der Waals surface area contributed by atoms with Gasteiger partial charge in [-0.15, -0.1) is 0 Å². The third kappa shape index (κ3) is 2.81. The zero-order chi connectivity index (χ0) is 26.7. The average Bonchev–Trinajstić information content (AvgIpc) is 3.30. The van der Waals surface area contributed by atoms with Crippen LogP contribution >= 0.6 is 0 Å². The van der Waals surface area contributed by atoms with E-state index in [1.807, 2.05) is 0 Å². The van der Waals surface area contributed by atoms with E-state index in [0.29, 0.717) is 35.1 Å². The van der Waals surface area contributed by atoms with Crippen molar-refractivity contribution in [3.8, 4) is 0 Å². The molecule has 10 heteroatoms. The molecule has 0 radical (unpaired) electrons. The number of hydrogen-bond donors (Lipinski definition) is 2. The molecule has 36 heavy (non-hydrogen) atoms. The van der Waals surface area contributed by atoms with E-state index in [9.17, 15) is 35.5 Å². The molecule has 4 atom stereocenters. The van der Waals surface area contributed by atoms with Gasteiger partial charge in [0.1, 0.15) is 0 Å². The lowest BCUT2D eigenvalue weighted by atomic mass is 9.80. The molecule has 4 unspecified atom stereocenters. The van der Waals surface area contributed by atoms with Crippen LogP contribution in [0.4, 0.5) is 0 Å². The van der Waals surface area contributed by atoms with Gasteiger partial charge in [-0.25, -0.2) is 0 Å². The number of ketones is 2. The van der Waals surface area contributed by atoms with Gasteiger partial charge < -0.3 is 0 Å². The summed E-state index contributed by atoms with van der Waals surface area (Å²) in [6, 6.07) is 6.97. The van der Waals surface area contributed by atoms with Gasteiger partial charge >= 0.3 is 0 Å². The summed E-state index contributed by atoms with van der Waals surface area (Å²) in [7, 11) is -9.20. The van der Waals surface area contributed by atoms with Crippen molar-refractivity contribution >= 4 is 44.0 Å². The summed E-state index contributed by atoms with van der Waals surface area (Å²) >= 11 is 0. The molecule has 4 bridgehead atoms. The van der Waals surface area contributed by atoms with E-state index in [-0.39, 0.29) is 24.7 Å². The second-order valence-corrected chi connectivity index (χ2v) is 15.0. The van der Waals surface area contributed by atoms with Crippen LogP contribution in [0.15, 0.2) is 35.4 Å². The van der Waals surface area contributed by atoms with Crippen molar-refractivity contribution in [3.63, 3.8) is 0 Å². The lowest BCUT2D eigenvalue weighted by Gasteiger charge is -2.32. The topological polar surface area (TPSA) is 143 Å². The number of fused-ring (bicyclic) bond motifs is 4. The van der Waals surface area contributed by atoms with Crippen LogP contribution in [0.5, 0.6) is 0 Å². The molecule has 0 amide bonds. The minimum absolute atomic E-state index is 0.1000. The summed E-state index contributed by atoms with van der Waals surface area (Å²) < 4.78 is 65.4. The van der Waals surface area contributed by atoms with Gasteiger partial charge in [0.15, 0.2) is 21.1 Å². The van der Waals surface area contributed by atoms with Gasteiger partial charge in [0.05, 0.1) is 0 Å². The maximum Gasteiger partial charge on any atom is 0.278 e. The first-order valence-corrected chi connectivity index (χ1v) is 14.9. The molecular formula is C26H30O8S2. The molecule has 8 nitrogen and oxygen atoms in total. The van der Waals surface area contributed by atoms with Crippen LogP contribution in [0.3, 0.4) is 0 Å². The van der Waals surface area contributed by atoms with Crippen LogP contribution < -0.4 is 0 Å². The molecule has 0 heterocycles. The van der Waals surface area contributed by atoms with Gasteiger partial charge in [-0.05, 0) is 60.8 Å². The number of carbonyl (C=O) groups is 2. The van der Waals surface area contributed by atoms with Crippen molar-refractivity contribution < 1.29 is 35.5 Å². The van der Waals surface area contributed by atoms with Crippen molar-refractivity contribution in [2.75, 3.05) is 0 Å². The number of allylic oxidation sites excluding steroid dienone is 2. The predicted octanol–water partition coefficient (Wildman–Crippen LogP) is 3.74. The molecule has 5 rings (SSSR count). The first-order valence-electron chi connectivity index (χ1n) is 12.0. The summed E-state index contributed by atoms with van der Waals surface area (Å²) in [4.78, 5) is 26.4. The summed E-state index contributed by atoms with van der Waals surface area (Å²) in [5.74, 6) is -1.69. The Hall–Kier alpha value is -2.14. The van der Waals surface area contributed by atoms with Gasteiger partial charge in [-0.3, -0.25) is 18.7 Å². The molecule has 1 aromatic carbocycles. The molecule has 2 N–H and O–H groups in total. The van der Waals surface area contributed by atoms with E-state index < -0.39 is 52.1 Å². The van der Waals surface area contributed by atoms with Crippen LogP contribution in [0.1, 0.15) is 64.5 Å². The highest BCUT2D eigenvalue weighted by Crippen LogP contribution is 2.65. The number of benzene rings is 1. The van der Waals surface area contributed by atoms with Crippen LogP contribution in [0, 0.1) is 22.7 Å². The fraction of sp³-hybridized carbons (Fsp3) is 0.538. The van der Waals surface area contributed by atoms with E-state index in [0.717, 1.165) is 0 Å². The van der Waals surface area contributed by atoms with Gasteiger partial charge in [-0.1, -0.05) is 52.0 Å². The van der Waals surface area contributed by atoms with Crippen LogP contribution in [0.2, 0.25) is 0 Å². The van der Waals surface area contributed by atoms with E-state index in [1.165, 1.54) is 0 Å². The van der Waals surface area contributed by atoms with E-state index in [2.05, 4.69) is 0 Å². The van der Waals surface area contributed by atoms with Gasteiger partial charge in [-0.2, -0.15) is 16.8 Å². The van der Waals surface area contributed by atoms with Crippen molar-refractivity contribution in [1.29, 1.82) is 0 Å². The molecule has 0 saturated heterocycles. The second-order valence-electron chi connectivity index (χ2n) is 11.8. The molecule has 1 aromatic rings. The van der Waals surface area contributed by atoms with Crippen LogP contribution in [0.25, 0.3) is 12.2 Å². The zero-order valence-corrected chi connectivity index (χ0v) is 22.2. The van der Waals surface area contributed by atoms with Crippen molar-refractivity contribution in [2.45, 2.75) is 62.9 Å². The van der Waals surface area contributed by atoms with Gasteiger partial charge in [0.25, 0.3) is 20.2 Å². The third-order valence-electron chi connectivity index (χ3n) is 9.86. The Balaban J connectivity index is 1.48. The lowest BCUT2D eigenvalue weighted by molar-refractivity contribution is -0.119. The molecule has 4 saturated carbocycles. The fourth-order valence-electron chi connectivity index (χ4n) is 7.84. The molecule has 0 aromatic heterocycles. The standard InChI is InChI=1S/C26H30O8S2/c1-23(2)19-9-11-25(23,35(29,30)31)21(27)17(19)13-15-5-7-16(8-6-15)14-18-20-10-12-26(22(18)28,24(20,3)4)36(32,33)34/h5-8,13-14,19-20H,9-12H2,1-4H3,(H,29,30,31)(H,32,33,34)/b17-13-,18-14+. The third-order valence-corrected chi connectivity index (χ3v) is 13.5. The molecular weight excluding hydrogens is 504 g/mol. The van der Waals surface area contributed by atoms with Crippen molar-refractivity contribution in [1.82, 2.24) is 0 Å². The van der Waals surface area contributed by atoms with Gasteiger partial charge in [0, 0.05) is 22.0 Å². The Morgan fingerprint density at radius 1 is 0.694 bits per heavy atom. The second kappa shape index (κ2) is 7.24. The normalized spacial score (nSPS) is 36.9. The van der Waals surface area contributed by atoms with E-state index in [1.54, 1.807) is 64.1 Å². The quantitative estimate of drug-likeness (QED) is 0.439. The summed E-state index contributed by atoms with van der Waals surface area (Å²) in [5, 5.41) is 0. The summed E-state index contributed by atoms with van der Waals surface area (Å²) in [5.41, 5.74) is 0.259. The predicted molar refractivity (Wildman–Crippen MR) is 134 cm³/mol. The highest BCUT2D eigenvalue weighted by molar-refractivity contribution is 7.88. The van der Waals surface area contributed by atoms with Crippen molar-refractivity contribution in [3.05, 3.63) is 46.5 Å². The van der Waals surface area contributed by atoms with E-state index in [4.69, 9.17) is 0 Å². The Labute approximate surface area is 211 Å². The Morgan fingerprint density at radius 2 is 1.00 bits per heavy atom. The summed E-state index contributed by atoms with van der Waals surface area (Å²) in [6.07, 6.45) is 4.51. The maximum absolute atomic E-state index is 13.2. The van der Waals surface area contributed by atoms with Crippen molar-refractivity contribution in [2.24, 2.45) is 22.7 Å². The largest absolute Gasteiger partial charge is 0.293 e. The number of Topliss-reactive ketones (excluding diaryl/α,β-unsaturated/α-hetero) is 2. The number of hydrogen-bond acceptors (Lipinski definition) is 6.